The monoisotopic (exact) mass is 494 g/mol. The molecule has 0 saturated carbocycles. The number of nitrogens with zero attached hydrogens (tertiary/aromatic N) is 1. The largest absolute Gasteiger partial charge is 0.469 e. The molecule has 0 spiro atoms. The zero-order chi connectivity index (χ0) is 19.4. The van der Waals surface area contributed by atoms with Crippen molar-refractivity contribution < 1.29 is 13.9 Å². The molecular formula is C19H35IN4O3. The average molecular weight is 494 g/mol. The molecular weight excluding hydrogens is 459 g/mol. The summed E-state index contributed by atoms with van der Waals surface area (Å²) in [6.07, 6.45) is 5.15. The van der Waals surface area contributed by atoms with Gasteiger partial charge in [-0.1, -0.05) is 19.8 Å². The summed E-state index contributed by atoms with van der Waals surface area (Å²) in [4.78, 5) is 16.1. The van der Waals surface area contributed by atoms with Crippen LogP contribution in [0.25, 0.3) is 0 Å². The number of amides is 1. The summed E-state index contributed by atoms with van der Waals surface area (Å²) < 4.78 is 10.6. The second-order valence-electron chi connectivity index (χ2n) is 7.19. The molecule has 1 aromatic heterocycles. The number of carbonyl (C=O) groups excluding carboxylic acids is 1. The fraction of sp³-hybridized carbons (Fsp3) is 0.684. The summed E-state index contributed by atoms with van der Waals surface area (Å²) in [5.41, 5.74) is -0.500. The number of aliphatic imine (C=N–C) groups is 1. The Morgan fingerprint density at radius 3 is 2.63 bits per heavy atom. The number of furan rings is 1. The fourth-order valence-corrected chi connectivity index (χ4v) is 2.34. The van der Waals surface area contributed by atoms with Crippen LogP contribution in [0, 0.1) is 0 Å². The van der Waals surface area contributed by atoms with E-state index in [4.69, 9.17) is 9.15 Å². The van der Waals surface area contributed by atoms with Gasteiger partial charge >= 0.3 is 6.09 Å². The maximum atomic E-state index is 11.9. The highest BCUT2D eigenvalue weighted by atomic mass is 127. The highest BCUT2D eigenvalue weighted by Crippen LogP contribution is 2.07. The second kappa shape index (κ2) is 13.7. The van der Waals surface area contributed by atoms with Gasteiger partial charge in [-0.3, -0.25) is 4.99 Å². The van der Waals surface area contributed by atoms with Crippen LogP contribution in [0.4, 0.5) is 4.79 Å². The van der Waals surface area contributed by atoms with E-state index >= 15 is 0 Å². The lowest BCUT2D eigenvalue weighted by Crippen LogP contribution is -2.49. The molecule has 1 aromatic rings. The molecule has 0 bridgehead atoms. The van der Waals surface area contributed by atoms with Gasteiger partial charge in [0.1, 0.15) is 11.4 Å². The van der Waals surface area contributed by atoms with Crippen LogP contribution < -0.4 is 16.0 Å². The molecule has 3 N–H and O–H groups in total. The van der Waals surface area contributed by atoms with Gasteiger partial charge in [-0.05, 0) is 39.3 Å². The first kappa shape index (κ1) is 25.6. The second-order valence-corrected chi connectivity index (χ2v) is 7.19. The molecule has 8 heteroatoms. The van der Waals surface area contributed by atoms with E-state index in [0.29, 0.717) is 19.0 Å². The van der Waals surface area contributed by atoms with Gasteiger partial charge in [0, 0.05) is 32.6 Å². The minimum absolute atomic E-state index is 0. The number of guanidine groups is 1. The van der Waals surface area contributed by atoms with Crippen molar-refractivity contribution in [2.45, 2.75) is 65.0 Å². The Hall–Kier alpha value is -1.45. The van der Waals surface area contributed by atoms with E-state index in [2.05, 4.69) is 27.9 Å². The van der Waals surface area contributed by atoms with E-state index < -0.39 is 11.7 Å². The van der Waals surface area contributed by atoms with Crippen LogP contribution in [0.5, 0.6) is 0 Å². The number of hydrogen-bond acceptors (Lipinski definition) is 4. The van der Waals surface area contributed by atoms with Gasteiger partial charge in [-0.25, -0.2) is 4.79 Å². The fourth-order valence-electron chi connectivity index (χ4n) is 2.34. The lowest BCUT2D eigenvalue weighted by molar-refractivity contribution is 0.0523. The van der Waals surface area contributed by atoms with Gasteiger partial charge in [-0.2, -0.15) is 0 Å². The molecule has 1 atom stereocenters. The standard InChI is InChI=1S/C19H34N4O3.HI/c1-6-7-9-15(14-22-18(24)26-19(2,3)4)23-17(20-5)21-12-11-16-10-8-13-25-16;/h8,10,13,15H,6-7,9,11-12,14H2,1-5H3,(H,22,24)(H2,20,21,23);1H. The number of halogens is 1. The number of ether oxygens (including phenoxy) is 1. The Morgan fingerprint density at radius 2 is 2.07 bits per heavy atom. The van der Waals surface area contributed by atoms with Gasteiger partial charge in [0.15, 0.2) is 5.96 Å². The molecule has 0 radical (unpaired) electrons. The quantitative estimate of drug-likeness (QED) is 0.277. The summed E-state index contributed by atoms with van der Waals surface area (Å²) in [5.74, 6) is 1.64. The van der Waals surface area contributed by atoms with Gasteiger partial charge in [0.25, 0.3) is 0 Å². The molecule has 0 aliphatic heterocycles. The highest BCUT2D eigenvalue weighted by molar-refractivity contribution is 14.0. The number of unbranched alkanes of at least 4 members (excludes halogenated alkanes) is 1. The van der Waals surface area contributed by atoms with Gasteiger partial charge in [0.05, 0.1) is 6.26 Å². The van der Waals surface area contributed by atoms with Gasteiger partial charge in [0.2, 0.25) is 0 Å². The van der Waals surface area contributed by atoms with Crippen LogP contribution in [-0.4, -0.2) is 43.8 Å². The first-order chi connectivity index (χ1) is 12.3. The van der Waals surface area contributed by atoms with Crippen molar-refractivity contribution in [2.24, 2.45) is 4.99 Å². The van der Waals surface area contributed by atoms with Crippen molar-refractivity contribution in [2.75, 3.05) is 20.1 Å². The Morgan fingerprint density at radius 1 is 1.33 bits per heavy atom. The smallest absolute Gasteiger partial charge is 0.407 e. The molecule has 1 rings (SSSR count). The van der Waals surface area contributed by atoms with Crippen molar-refractivity contribution in [3.05, 3.63) is 24.2 Å². The normalized spacial score (nSPS) is 12.7. The van der Waals surface area contributed by atoms with E-state index in [1.165, 1.54) is 0 Å². The van der Waals surface area contributed by atoms with Crippen LogP contribution in [0.15, 0.2) is 27.8 Å². The lowest BCUT2D eigenvalue weighted by atomic mass is 10.1. The zero-order valence-corrected chi connectivity index (χ0v) is 19.5. The van der Waals surface area contributed by atoms with Gasteiger partial charge < -0.3 is 25.1 Å². The third-order valence-corrected chi connectivity index (χ3v) is 3.61. The maximum Gasteiger partial charge on any atom is 0.407 e. The predicted octanol–water partition coefficient (Wildman–Crippen LogP) is 3.69. The van der Waals surface area contributed by atoms with Gasteiger partial charge in [-0.15, -0.1) is 24.0 Å². The van der Waals surface area contributed by atoms with E-state index in [9.17, 15) is 4.79 Å². The number of hydrogen-bond donors (Lipinski definition) is 3. The molecule has 27 heavy (non-hydrogen) atoms. The molecule has 0 aliphatic carbocycles. The maximum absolute atomic E-state index is 11.9. The van der Waals surface area contributed by atoms with Crippen molar-refractivity contribution >= 4 is 36.0 Å². The molecule has 0 aliphatic rings. The number of rotatable bonds is 9. The summed E-state index contributed by atoms with van der Waals surface area (Å²) in [6.45, 7) is 8.90. The Kier molecular flexibility index (Phi) is 12.9. The van der Waals surface area contributed by atoms with E-state index in [1.54, 1.807) is 13.3 Å². The summed E-state index contributed by atoms with van der Waals surface area (Å²) in [6, 6.07) is 3.91. The topological polar surface area (TPSA) is 87.9 Å². The van der Waals surface area contributed by atoms with Crippen LogP contribution in [-0.2, 0) is 11.2 Å². The van der Waals surface area contributed by atoms with E-state index in [-0.39, 0.29) is 30.0 Å². The first-order valence-corrected chi connectivity index (χ1v) is 9.30. The van der Waals surface area contributed by atoms with Crippen LogP contribution in [0.1, 0.15) is 52.7 Å². The third-order valence-electron chi connectivity index (χ3n) is 3.61. The Labute approximate surface area is 180 Å². The molecule has 0 fully saturated rings. The SMILES string of the molecule is CCCCC(CNC(=O)OC(C)(C)C)NC(=NC)NCCc1ccco1.I. The number of carbonyl (C=O) groups is 1. The minimum Gasteiger partial charge on any atom is -0.469 e. The Bertz CT molecular complexity index is 542. The van der Waals surface area contributed by atoms with Crippen molar-refractivity contribution in [1.29, 1.82) is 0 Å². The molecule has 7 nitrogen and oxygen atoms in total. The number of alkyl carbamates (subject to hydrolysis) is 1. The number of nitrogens with one attached hydrogen (secondary N) is 3. The molecule has 1 heterocycles. The summed E-state index contributed by atoms with van der Waals surface area (Å²) in [5, 5.41) is 9.48. The van der Waals surface area contributed by atoms with Crippen molar-refractivity contribution in [3.63, 3.8) is 0 Å². The zero-order valence-electron chi connectivity index (χ0n) is 17.1. The van der Waals surface area contributed by atoms with E-state index in [0.717, 1.165) is 31.4 Å². The summed E-state index contributed by atoms with van der Waals surface area (Å²) in [7, 11) is 1.74. The minimum atomic E-state index is -0.500. The lowest BCUT2D eigenvalue weighted by Gasteiger charge is -2.24. The van der Waals surface area contributed by atoms with Crippen LogP contribution in [0.2, 0.25) is 0 Å². The first-order valence-electron chi connectivity index (χ1n) is 9.30. The average Bonchev–Trinajstić information content (AvgIpc) is 3.07. The summed E-state index contributed by atoms with van der Waals surface area (Å²) >= 11 is 0. The third kappa shape index (κ3) is 12.5. The molecule has 156 valence electrons. The molecule has 0 saturated heterocycles. The van der Waals surface area contributed by atoms with E-state index in [1.807, 2.05) is 32.9 Å². The predicted molar refractivity (Wildman–Crippen MR) is 120 cm³/mol. The Balaban J connectivity index is 0.00000676. The highest BCUT2D eigenvalue weighted by Gasteiger charge is 2.18. The van der Waals surface area contributed by atoms with Crippen molar-refractivity contribution in [3.8, 4) is 0 Å². The van der Waals surface area contributed by atoms with Crippen LogP contribution in [0.3, 0.4) is 0 Å². The van der Waals surface area contributed by atoms with Crippen LogP contribution >= 0.6 is 24.0 Å². The van der Waals surface area contributed by atoms with Crippen molar-refractivity contribution in [1.82, 2.24) is 16.0 Å². The molecule has 1 unspecified atom stereocenters. The molecule has 1 amide bonds. The molecule has 0 aromatic carbocycles.